The predicted molar refractivity (Wildman–Crippen MR) is 69.9 cm³/mol. The van der Waals surface area contributed by atoms with Crippen LogP contribution in [0.4, 0.5) is 5.82 Å². The quantitative estimate of drug-likeness (QED) is 0.660. The van der Waals surface area contributed by atoms with Crippen LogP contribution in [0.5, 0.6) is 0 Å². The first-order valence-corrected chi connectivity index (χ1v) is 5.77. The number of pyridine rings is 1. The van der Waals surface area contributed by atoms with Crippen LogP contribution in [0.3, 0.4) is 0 Å². The smallest absolute Gasteiger partial charge is 0.234 e. The third-order valence-corrected chi connectivity index (χ3v) is 2.41. The maximum Gasteiger partial charge on any atom is 0.234 e. The third-order valence-electron chi connectivity index (χ3n) is 2.41. The number of ether oxygens (including phenoxy) is 1. The Morgan fingerprint density at radius 3 is 3.06 bits per heavy atom. The molecule has 1 aromatic heterocycles. The maximum absolute atomic E-state index is 11.5. The van der Waals surface area contributed by atoms with E-state index in [1.165, 1.54) is 0 Å². The molecule has 0 aliphatic heterocycles. The van der Waals surface area contributed by atoms with Gasteiger partial charge < -0.3 is 15.8 Å². The number of nitrogen functional groups attached to an aromatic ring is 1. The summed E-state index contributed by atoms with van der Waals surface area (Å²) in [4.78, 5) is 17.4. The van der Waals surface area contributed by atoms with Crippen molar-refractivity contribution < 1.29 is 9.53 Å². The summed E-state index contributed by atoms with van der Waals surface area (Å²) in [5, 5.41) is 2.76. The molecule has 100 valence electrons. The number of likely N-dealkylation sites (N-methyl/N-ethyl adjacent to an activating group) is 1. The van der Waals surface area contributed by atoms with Crippen LogP contribution in [-0.4, -0.2) is 49.6 Å². The summed E-state index contributed by atoms with van der Waals surface area (Å²) >= 11 is 0. The van der Waals surface area contributed by atoms with Crippen LogP contribution in [0.25, 0.3) is 0 Å². The molecular formula is C12H20N4O2. The van der Waals surface area contributed by atoms with E-state index in [0.717, 1.165) is 5.56 Å². The standard InChI is InChI=1S/C12H20N4O2/c1-16(9-11(17)14-6-7-18-2)8-10-4-3-5-15-12(10)13/h3-5H,6-9H2,1-2H3,(H2,13,15)(H,14,17). The first-order valence-electron chi connectivity index (χ1n) is 5.77. The zero-order valence-electron chi connectivity index (χ0n) is 10.8. The van der Waals surface area contributed by atoms with Crippen LogP contribution in [0.1, 0.15) is 5.56 Å². The zero-order chi connectivity index (χ0) is 13.4. The van der Waals surface area contributed by atoms with Gasteiger partial charge in [-0.05, 0) is 13.1 Å². The number of aromatic nitrogens is 1. The van der Waals surface area contributed by atoms with Gasteiger partial charge in [0.25, 0.3) is 0 Å². The van der Waals surface area contributed by atoms with Crippen LogP contribution >= 0.6 is 0 Å². The molecule has 0 fully saturated rings. The summed E-state index contributed by atoms with van der Waals surface area (Å²) in [6.45, 7) is 1.96. The molecular weight excluding hydrogens is 232 g/mol. The number of nitrogens with two attached hydrogens (primary N) is 1. The number of rotatable bonds is 7. The number of hydrogen-bond acceptors (Lipinski definition) is 5. The molecule has 0 saturated carbocycles. The van der Waals surface area contributed by atoms with Gasteiger partial charge in [0.2, 0.25) is 5.91 Å². The van der Waals surface area contributed by atoms with Gasteiger partial charge in [-0.25, -0.2) is 4.98 Å². The second-order valence-electron chi connectivity index (χ2n) is 4.06. The minimum absolute atomic E-state index is 0.0305. The summed E-state index contributed by atoms with van der Waals surface area (Å²) in [6, 6.07) is 3.74. The summed E-state index contributed by atoms with van der Waals surface area (Å²) < 4.78 is 4.86. The lowest BCUT2D eigenvalue weighted by atomic mass is 10.2. The monoisotopic (exact) mass is 252 g/mol. The highest BCUT2D eigenvalue weighted by Gasteiger charge is 2.08. The van der Waals surface area contributed by atoms with E-state index in [-0.39, 0.29) is 5.91 Å². The zero-order valence-corrected chi connectivity index (χ0v) is 10.8. The number of amides is 1. The molecule has 0 aliphatic carbocycles. The number of hydrogen-bond donors (Lipinski definition) is 2. The fraction of sp³-hybridized carbons (Fsp3) is 0.500. The van der Waals surface area contributed by atoms with E-state index in [1.54, 1.807) is 13.3 Å². The van der Waals surface area contributed by atoms with Crippen LogP contribution in [0, 0.1) is 0 Å². The van der Waals surface area contributed by atoms with Gasteiger partial charge in [0.05, 0.1) is 13.2 Å². The van der Waals surface area contributed by atoms with Crippen molar-refractivity contribution in [3.8, 4) is 0 Å². The van der Waals surface area contributed by atoms with Gasteiger partial charge in [-0.15, -0.1) is 0 Å². The fourth-order valence-electron chi connectivity index (χ4n) is 1.52. The number of nitrogens with one attached hydrogen (secondary N) is 1. The van der Waals surface area contributed by atoms with Gasteiger partial charge in [0.15, 0.2) is 0 Å². The Morgan fingerprint density at radius 1 is 1.61 bits per heavy atom. The first-order chi connectivity index (χ1) is 8.63. The molecule has 18 heavy (non-hydrogen) atoms. The van der Waals surface area contributed by atoms with Crippen molar-refractivity contribution in [2.75, 3.05) is 39.6 Å². The second-order valence-corrected chi connectivity index (χ2v) is 4.06. The normalized spacial score (nSPS) is 10.6. The Balaban J connectivity index is 2.35. The molecule has 0 unspecified atom stereocenters. The van der Waals surface area contributed by atoms with E-state index in [4.69, 9.17) is 10.5 Å². The van der Waals surface area contributed by atoms with Crippen molar-refractivity contribution in [1.29, 1.82) is 0 Å². The summed E-state index contributed by atoms with van der Waals surface area (Å²) in [5.41, 5.74) is 6.66. The van der Waals surface area contributed by atoms with Crippen LogP contribution in [0.2, 0.25) is 0 Å². The Hall–Kier alpha value is -1.66. The molecule has 0 saturated heterocycles. The van der Waals surface area contributed by atoms with E-state index in [0.29, 0.717) is 32.1 Å². The minimum Gasteiger partial charge on any atom is -0.383 e. The molecule has 0 bridgehead atoms. The minimum atomic E-state index is -0.0305. The molecule has 0 atom stereocenters. The SMILES string of the molecule is COCCNC(=O)CN(C)Cc1cccnc1N. The molecule has 1 heterocycles. The van der Waals surface area contributed by atoms with Gasteiger partial charge in [0.1, 0.15) is 5.82 Å². The Bertz CT molecular complexity index is 384. The molecule has 0 radical (unpaired) electrons. The molecule has 3 N–H and O–H groups in total. The van der Waals surface area contributed by atoms with E-state index < -0.39 is 0 Å². The number of methoxy groups -OCH3 is 1. The molecule has 0 aromatic carbocycles. The Kier molecular flexibility index (Phi) is 6.10. The van der Waals surface area contributed by atoms with Gasteiger partial charge in [-0.1, -0.05) is 6.07 Å². The molecule has 1 rings (SSSR count). The predicted octanol–water partition coefficient (Wildman–Crippen LogP) is -0.142. The number of nitrogens with zero attached hydrogens (tertiary/aromatic N) is 2. The van der Waals surface area contributed by atoms with Crippen LogP contribution in [-0.2, 0) is 16.1 Å². The van der Waals surface area contributed by atoms with Crippen molar-refractivity contribution in [3.63, 3.8) is 0 Å². The van der Waals surface area contributed by atoms with Crippen molar-refractivity contribution in [3.05, 3.63) is 23.9 Å². The number of carbonyl (C=O) groups is 1. The van der Waals surface area contributed by atoms with Crippen LogP contribution in [0.15, 0.2) is 18.3 Å². The second kappa shape index (κ2) is 7.62. The summed E-state index contributed by atoms with van der Waals surface area (Å²) in [5.74, 6) is 0.473. The molecule has 0 aliphatic rings. The van der Waals surface area contributed by atoms with E-state index in [2.05, 4.69) is 10.3 Å². The van der Waals surface area contributed by atoms with E-state index >= 15 is 0 Å². The lowest BCUT2D eigenvalue weighted by Crippen LogP contribution is -2.36. The highest BCUT2D eigenvalue weighted by Crippen LogP contribution is 2.08. The topological polar surface area (TPSA) is 80.5 Å². The van der Waals surface area contributed by atoms with Gasteiger partial charge >= 0.3 is 0 Å². The lowest BCUT2D eigenvalue weighted by molar-refractivity contribution is -0.122. The van der Waals surface area contributed by atoms with Gasteiger partial charge in [-0.2, -0.15) is 0 Å². The van der Waals surface area contributed by atoms with Crippen molar-refractivity contribution in [2.24, 2.45) is 0 Å². The maximum atomic E-state index is 11.5. The number of anilines is 1. The Labute approximate surface area is 107 Å². The molecule has 6 nitrogen and oxygen atoms in total. The number of carbonyl (C=O) groups excluding carboxylic acids is 1. The van der Waals surface area contributed by atoms with Crippen molar-refractivity contribution in [2.45, 2.75) is 6.54 Å². The lowest BCUT2D eigenvalue weighted by Gasteiger charge is -2.16. The largest absolute Gasteiger partial charge is 0.383 e. The molecule has 1 amide bonds. The van der Waals surface area contributed by atoms with Crippen molar-refractivity contribution >= 4 is 11.7 Å². The van der Waals surface area contributed by atoms with Crippen molar-refractivity contribution in [1.82, 2.24) is 15.2 Å². The Morgan fingerprint density at radius 2 is 2.39 bits per heavy atom. The van der Waals surface area contributed by atoms with E-state index in [9.17, 15) is 4.79 Å². The highest BCUT2D eigenvalue weighted by molar-refractivity contribution is 5.77. The highest BCUT2D eigenvalue weighted by atomic mass is 16.5. The molecule has 0 spiro atoms. The molecule has 1 aromatic rings. The third kappa shape index (κ3) is 5.11. The van der Waals surface area contributed by atoms with Gasteiger partial charge in [0, 0.05) is 32.0 Å². The fourth-order valence-corrected chi connectivity index (χ4v) is 1.52. The first kappa shape index (κ1) is 14.4. The van der Waals surface area contributed by atoms with Crippen LogP contribution < -0.4 is 11.1 Å². The van der Waals surface area contributed by atoms with Gasteiger partial charge in [-0.3, -0.25) is 9.69 Å². The average molecular weight is 252 g/mol. The molecule has 6 heteroatoms. The summed E-state index contributed by atoms with van der Waals surface area (Å²) in [7, 11) is 3.46. The average Bonchev–Trinajstić information content (AvgIpc) is 2.32. The van der Waals surface area contributed by atoms with E-state index in [1.807, 2.05) is 24.1 Å². The summed E-state index contributed by atoms with van der Waals surface area (Å²) in [6.07, 6.45) is 1.65.